The van der Waals surface area contributed by atoms with E-state index in [2.05, 4.69) is 17.4 Å². The fraction of sp³-hybridized carbons (Fsp3) is 0.462. The largest absolute Gasteiger partial charge is 0.459 e. The van der Waals surface area contributed by atoms with E-state index in [1.807, 2.05) is 0 Å². The molecule has 5 nitrogen and oxygen atoms in total. The molecule has 0 fully saturated rings. The van der Waals surface area contributed by atoms with Crippen molar-refractivity contribution in [2.24, 2.45) is 0 Å². The highest BCUT2D eigenvalue weighted by molar-refractivity contribution is 7.89. The van der Waals surface area contributed by atoms with Crippen LogP contribution in [-0.2, 0) is 19.6 Å². The average molecular weight is 317 g/mol. The van der Waals surface area contributed by atoms with Crippen molar-refractivity contribution in [3.63, 3.8) is 0 Å². The first kappa shape index (κ1) is 17.0. The van der Waals surface area contributed by atoms with Crippen molar-refractivity contribution in [2.75, 3.05) is 5.75 Å². The highest BCUT2D eigenvalue weighted by Gasteiger charge is 2.28. The van der Waals surface area contributed by atoms with Crippen LogP contribution >= 0.6 is 12.6 Å². The number of thiol groups is 1. The molecule has 7 heteroatoms. The van der Waals surface area contributed by atoms with Gasteiger partial charge in [-0.15, -0.1) is 0 Å². The van der Waals surface area contributed by atoms with Gasteiger partial charge >= 0.3 is 5.97 Å². The van der Waals surface area contributed by atoms with Crippen LogP contribution in [0.5, 0.6) is 0 Å². The lowest BCUT2D eigenvalue weighted by atomic mass is 10.2. The van der Waals surface area contributed by atoms with Gasteiger partial charge in [0, 0.05) is 5.75 Å². The normalized spacial score (nSPS) is 13.8. The van der Waals surface area contributed by atoms with Crippen LogP contribution in [-0.4, -0.2) is 31.8 Å². The molecule has 1 atom stereocenters. The summed E-state index contributed by atoms with van der Waals surface area (Å²) in [5.74, 6) is -0.631. The fourth-order valence-electron chi connectivity index (χ4n) is 1.39. The van der Waals surface area contributed by atoms with Crippen molar-refractivity contribution in [1.82, 2.24) is 4.72 Å². The van der Waals surface area contributed by atoms with Crippen LogP contribution in [0, 0.1) is 0 Å². The minimum absolute atomic E-state index is 0.0149. The summed E-state index contributed by atoms with van der Waals surface area (Å²) in [6.45, 7) is 5.14. The maximum atomic E-state index is 12.1. The number of carbonyl (C=O) groups is 1. The van der Waals surface area contributed by atoms with E-state index in [9.17, 15) is 13.2 Å². The van der Waals surface area contributed by atoms with Crippen molar-refractivity contribution in [3.05, 3.63) is 30.3 Å². The molecule has 0 aliphatic carbocycles. The number of ether oxygens (including phenoxy) is 1. The quantitative estimate of drug-likeness (QED) is 0.639. The molecule has 0 aliphatic heterocycles. The monoisotopic (exact) mass is 317 g/mol. The molecule has 1 N–H and O–H groups in total. The standard InChI is InChI=1S/C13H19NO4S2/c1-13(2,3)18-12(15)11(9-19)14-20(16,17)10-7-5-4-6-8-10/h4-8,11,14,19H,9H2,1-3H3/t11-/m0/s1. The molecule has 0 bridgehead atoms. The van der Waals surface area contributed by atoms with Gasteiger partial charge in [-0.2, -0.15) is 17.4 Å². The van der Waals surface area contributed by atoms with E-state index >= 15 is 0 Å². The number of nitrogens with one attached hydrogen (secondary N) is 1. The number of benzene rings is 1. The Morgan fingerprint density at radius 3 is 2.30 bits per heavy atom. The van der Waals surface area contributed by atoms with Crippen molar-refractivity contribution in [2.45, 2.75) is 37.3 Å². The summed E-state index contributed by atoms with van der Waals surface area (Å²) >= 11 is 4.00. The molecule has 0 radical (unpaired) electrons. The van der Waals surface area contributed by atoms with E-state index in [-0.39, 0.29) is 10.6 Å². The Hall–Kier alpha value is -1.05. The van der Waals surface area contributed by atoms with Gasteiger partial charge in [0.05, 0.1) is 4.90 Å². The van der Waals surface area contributed by atoms with Gasteiger partial charge in [0.1, 0.15) is 11.6 Å². The van der Waals surface area contributed by atoms with Crippen LogP contribution in [0.25, 0.3) is 0 Å². The third-order valence-corrected chi connectivity index (χ3v) is 4.08. The van der Waals surface area contributed by atoms with Crippen molar-refractivity contribution >= 4 is 28.6 Å². The van der Waals surface area contributed by atoms with Gasteiger partial charge in [-0.25, -0.2) is 8.42 Å². The summed E-state index contributed by atoms with van der Waals surface area (Å²) < 4.78 is 31.7. The third-order valence-electron chi connectivity index (χ3n) is 2.22. The van der Waals surface area contributed by atoms with Crippen LogP contribution in [0.4, 0.5) is 0 Å². The topological polar surface area (TPSA) is 72.5 Å². The van der Waals surface area contributed by atoms with Gasteiger partial charge in [-0.05, 0) is 32.9 Å². The molecular formula is C13H19NO4S2. The molecule has 0 amide bonds. The van der Waals surface area contributed by atoms with E-state index in [0.29, 0.717) is 0 Å². The summed E-state index contributed by atoms with van der Waals surface area (Å²) in [5, 5.41) is 0. The average Bonchev–Trinajstić information content (AvgIpc) is 2.35. The van der Waals surface area contributed by atoms with Crippen LogP contribution in [0.3, 0.4) is 0 Å². The molecule has 1 aromatic rings. The minimum atomic E-state index is -3.77. The SMILES string of the molecule is CC(C)(C)OC(=O)[C@H](CS)NS(=O)(=O)c1ccccc1. The van der Waals surface area contributed by atoms with Crippen molar-refractivity contribution in [3.8, 4) is 0 Å². The zero-order chi connectivity index (χ0) is 15.4. The van der Waals surface area contributed by atoms with Crippen molar-refractivity contribution in [1.29, 1.82) is 0 Å². The van der Waals surface area contributed by atoms with E-state index in [1.54, 1.807) is 39.0 Å². The smallest absolute Gasteiger partial charge is 0.325 e. The molecule has 112 valence electrons. The molecule has 0 spiro atoms. The van der Waals surface area contributed by atoms with Gasteiger partial charge in [-0.1, -0.05) is 18.2 Å². The molecular weight excluding hydrogens is 298 g/mol. The molecule has 0 heterocycles. The summed E-state index contributed by atoms with van der Waals surface area (Å²) in [6.07, 6.45) is 0. The Balaban J connectivity index is 2.86. The second-order valence-corrected chi connectivity index (χ2v) is 7.28. The van der Waals surface area contributed by atoms with Gasteiger partial charge in [-0.3, -0.25) is 4.79 Å². The Morgan fingerprint density at radius 2 is 1.85 bits per heavy atom. The number of hydrogen-bond donors (Lipinski definition) is 2. The number of sulfonamides is 1. The van der Waals surface area contributed by atoms with E-state index in [1.165, 1.54) is 12.1 Å². The van der Waals surface area contributed by atoms with E-state index in [4.69, 9.17) is 4.74 Å². The number of esters is 1. The first-order valence-corrected chi connectivity index (χ1v) is 8.18. The second-order valence-electron chi connectivity index (χ2n) is 5.20. The summed E-state index contributed by atoms with van der Waals surface area (Å²) in [4.78, 5) is 12.0. The Morgan fingerprint density at radius 1 is 1.30 bits per heavy atom. The molecule has 0 aromatic heterocycles. The maximum Gasteiger partial charge on any atom is 0.325 e. The number of hydrogen-bond acceptors (Lipinski definition) is 5. The Bertz CT molecular complexity index is 549. The van der Waals surface area contributed by atoms with Crippen LogP contribution in [0.1, 0.15) is 20.8 Å². The van der Waals surface area contributed by atoms with Gasteiger partial charge in [0.25, 0.3) is 0 Å². The first-order valence-electron chi connectivity index (χ1n) is 6.07. The van der Waals surface area contributed by atoms with Crippen LogP contribution in [0.15, 0.2) is 35.2 Å². The van der Waals surface area contributed by atoms with Crippen LogP contribution in [0.2, 0.25) is 0 Å². The third kappa shape index (κ3) is 5.15. The predicted octanol–water partition coefficient (Wildman–Crippen LogP) is 1.61. The van der Waals surface area contributed by atoms with Gasteiger partial charge in [0.2, 0.25) is 10.0 Å². The Labute approximate surface area is 125 Å². The lowest BCUT2D eigenvalue weighted by Gasteiger charge is -2.23. The highest BCUT2D eigenvalue weighted by Crippen LogP contribution is 2.12. The minimum Gasteiger partial charge on any atom is -0.459 e. The molecule has 20 heavy (non-hydrogen) atoms. The zero-order valence-corrected chi connectivity index (χ0v) is 13.4. The molecule has 0 saturated heterocycles. The summed E-state index contributed by atoms with van der Waals surface area (Å²) in [7, 11) is -3.77. The highest BCUT2D eigenvalue weighted by atomic mass is 32.2. The molecule has 0 saturated carbocycles. The molecule has 0 aliphatic rings. The Kier molecular flexibility index (Phi) is 5.61. The summed E-state index contributed by atoms with van der Waals surface area (Å²) in [5.41, 5.74) is -0.684. The first-order chi connectivity index (χ1) is 9.15. The van der Waals surface area contributed by atoms with Gasteiger partial charge in [0.15, 0.2) is 0 Å². The molecule has 1 rings (SSSR count). The maximum absolute atomic E-state index is 12.1. The molecule has 0 unspecified atom stereocenters. The zero-order valence-electron chi connectivity index (χ0n) is 11.7. The number of rotatable bonds is 5. The summed E-state index contributed by atoms with van der Waals surface area (Å²) in [6, 6.07) is 6.81. The second kappa shape index (κ2) is 6.60. The van der Waals surface area contributed by atoms with E-state index in [0.717, 1.165) is 0 Å². The fourth-order valence-corrected chi connectivity index (χ4v) is 2.96. The lowest BCUT2D eigenvalue weighted by molar-refractivity contribution is -0.156. The van der Waals surface area contributed by atoms with E-state index < -0.39 is 27.6 Å². The van der Waals surface area contributed by atoms with Crippen molar-refractivity contribution < 1.29 is 17.9 Å². The number of carbonyl (C=O) groups excluding carboxylic acids is 1. The van der Waals surface area contributed by atoms with Crippen LogP contribution < -0.4 is 4.72 Å². The lowest BCUT2D eigenvalue weighted by Crippen LogP contribution is -2.45. The predicted molar refractivity (Wildman–Crippen MR) is 80.2 cm³/mol. The molecule has 1 aromatic carbocycles. The van der Waals surface area contributed by atoms with Gasteiger partial charge < -0.3 is 4.74 Å².